The van der Waals surface area contributed by atoms with Crippen molar-refractivity contribution in [1.82, 2.24) is 25.1 Å². The van der Waals surface area contributed by atoms with E-state index < -0.39 is 12.0 Å². The van der Waals surface area contributed by atoms with Crippen LogP contribution < -0.4 is 10.6 Å². The number of halogens is 2. The smallest absolute Gasteiger partial charge is 0.268 e. The molecule has 3 heterocycles. The van der Waals surface area contributed by atoms with Gasteiger partial charge in [0.15, 0.2) is 5.82 Å². The minimum absolute atomic E-state index is 0.133. The molecule has 1 aromatic carbocycles. The van der Waals surface area contributed by atoms with Crippen LogP contribution >= 0.6 is 0 Å². The fourth-order valence-corrected chi connectivity index (χ4v) is 4.06. The van der Waals surface area contributed by atoms with Gasteiger partial charge in [0.1, 0.15) is 23.9 Å². The normalized spacial score (nSPS) is 19.8. The molecule has 0 radical (unpaired) electrons. The second-order valence-corrected chi connectivity index (χ2v) is 7.29. The lowest BCUT2D eigenvalue weighted by Gasteiger charge is -2.21. The van der Waals surface area contributed by atoms with Gasteiger partial charge in [0.25, 0.3) is 11.8 Å². The van der Waals surface area contributed by atoms with Crippen molar-refractivity contribution in [2.45, 2.75) is 37.8 Å². The van der Waals surface area contributed by atoms with Crippen LogP contribution in [0.5, 0.6) is 0 Å². The number of nitrogens with one attached hydrogen (secondary N) is 2. The topological polar surface area (TPSA) is 84.7 Å². The predicted molar refractivity (Wildman–Crippen MR) is 102 cm³/mol. The lowest BCUT2D eigenvalue weighted by atomic mass is 10.1. The minimum Gasteiger partial charge on any atom is -0.348 e. The Kier molecular flexibility index (Phi) is 4.04. The molecule has 2 N–H and O–H groups in total. The Morgan fingerprint density at radius 3 is 2.90 bits per heavy atom. The molecule has 0 spiro atoms. The van der Waals surface area contributed by atoms with Crippen molar-refractivity contribution in [2.24, 2.45) is 0 Å². The first-order valence-electron chi connectivity index (χ1n) is 9.45. The zero-order valence-corrected chi connectivity index (χ0v) is 15.4. The number of nitrogens with zero attached hydrogens (tertiary/aromatic N) is 4. The molecule has 1 amide bonds. The van der Waals surface area contributed by atoms with E-state index in [0.29, 0.717) is 48.0 Å². The summed E-state index contributed by atoms with van der Waals surface area (Å²) < 4.78 is 29.9. The number of anilines is 2. The van der Waals surface area contributed by atoms with Gasteiger partial charge in [-0.05, 0) is 36.6 Å². The summed E-state index contributed by atoms with van der Waals surface area (Å²) in [6.07, 6.45) is 2.05. The summed E-state index contributed by atoms with van der Waals surface area (Å²) in [6.45, 7) is 0.496. The molecule has 2 aromatic heterocycles. The summed E-state index contributed by atoms with van der Waals surface area (Å²) in [5, 5.41) is 13.8. The Hall–Kier alpha value is -3.36. The summed E-state index contributed by atoms with van der Waals surface area (Å²) >= 11 is 0. The molecule has 0 bridgehead atoms. The molecule has 2 aliphatic rings. The average molecular weight is 396 g/mol. The quantitative estimate of drug-likeness (QED) is 0.703. The van der Waals surface area contributed by atoms with Gasteiger partial charge in [0.05, 0.1) is 11.3 Å². The molecule has 7 nitrogen and oxygen atoms in total. The average Bonchev–Trinajstić information content (AvgIpc) is 3.41. The van der Waals surface area contributed by atoms with Crippen LogP contribution in [0.3, 0.4) is 0 Å². The lowest BCUT2D eigenvalue weighted by molar-refractivity contribution is -0.0302. The van der Waals surface area contributed by atoms with Gasteiger partial charge in [-0.15, -0.1) is 10.2 Å². The van der Waals surface area contributed by atoms with Crippen LogP contribution in [0.4, 0.5) is 20.3 Å². The van der Waals surface area contributed by atoms with E-state index in [1.807, 2.05) is 12.1 Å². The summed E-state index contributed by atoms with van der Waals surface area (Å²) in [5.41, 5.74) is 2.59. The first-order valence-corrected chi connectivity index (χ1v) is 9.45. The van der Waals surface area contributed by atoms with E-state index in [0.717, 1.165) is 5.56 Å². The number of aromatic nitrogens is 4. The monoisotopic (exact) mass is 396 g/mol. The van der Waals surface area contributed by atoms with Gasteiger partial charge in [-0.25, -0.2) is 13.8 Å². The standard InChI is InChI=1S/C20H18F2N6O/c21-20(22)9-3-7-15(20)28-11-24-27-18(28)14-6-2-8-16(26-14)25-13-5-1-4-12-10-23-19(29)17(12)13/h1-2,4-6,8,11,15H,3,7,9-10H2,(H,23,29)(H,25,26)/t15-/m1/s1. The second-order valence-electron chi connectivity index (χ2n) is 7.29. The third-order valence-corrected chi connectivity index (χ3v) is 5.44. The molecule has 0 saturated heterocycles. The molecule has 3 aromatic rings. The number of benzene rings is 1. The number of hydrogen-bond donors (Lipinski definition) is 2. The molecular weight excluding hydrogens is 378 g/mol. The van der Waals surface area contributed by atoms with E-state index in [2.05, 4.69) is 25.8 Å². The predicted octanol–water partition coefficient (Wildman–Crippen LogP) is 3.69. The van der Waals surface area contributed by atoms with Gasteiger partial charge in [-0.1, -0.05) is 18.2 Å². The Labute approximate surface area is 165 Å². The molecule has 1 fully saturated rings. The van der Waals surface area contributed by atoms with Crippen molar-refractivity contribution in [3.63, 3.8) is 0 Å². The largest absolute Gasteiger partial charge is 0.348 e. The molecule has 148 valence electrons. The van der Waals surface area contributed by atoms with Crippen LogP contribution in [-0.2, 0) is 6.54 Å². The highest BCUT2D eigenvalue weighted by atomic mass is 19.3. The number of fused-ring (bicyclic) bond motifs is 1. The second kappa shape index (κ2) is 6.61. The van der Waals surface area contributed by atoms with Crippen molar-refractivity contribution in [3.8, 4) is 11.5 Å². The highest BCUT2D eigenvalue weighted by molar-refractivity contribution is 6.04. The highest BCUT2D eigenvalue weighted by Crippen LogP contribution is 2.44. The maximum atomic E-state index is 14.3. The minimum atomic E-state index is -2.79. The van der Waals surface area contributed by atoms with Crippen LogP contribution in [0, 0.1) is 0 Å². The van der Waals surface area contributed by atoms with E-state index >= 15 is 0 Å². The van der Waals surface area contributed by atoms with Crippen molar-refractivity contribution < 1.29 is 13.6 Å². The van der Waals surface area contributed by atoms with E-state index in [1.54, 1.807) is 24.3 Å². The zero-order chi connectivity index (χ0) is 20.0. The van der Waals surface area contributed by atoms with Gasteiger partial charge < -0.3 is 15.2 Å². The van der Waals surface area contributed by atoms with Crippen LogP contribution in [0.25, 0.3) is 11.5 Å². The van der Waals surface area contributed by atoms with Crippen molar-refractivity contribution in [1.29, 1.82) is 0 Å². The van der Waals surface area contributed by atoms with Crippen molar-refractivity contribution >= 4 is 17.4 Å². The van der Waals surface area contributed by atoms with E-state index in [4.69, 9.17) is 0 Å². The molecule has 29 heavy (non-hydrogen) atoms. The van der Waals surface area contributed by atoms with E-state index in [9.17, 15) is 13.6 Å². The maximum absolute atomic E-state index is 14.3. The van der Waals surface area contributed by atoms with E-state index in [1.165, 1.54) is 10.9 Å². The summed E-state index contributed by atoms with van der Waals surface area (Å²) in [4.78, 5) is 16.6. The molecule has 5 rings (SSSR count). The Morgan fingerprint density at radius 2 is 2.07 bits per heavy atom. The number of carbonyl (C=O) groups is 1. The molecule has 1 aliphatic carbocycles. The Bertz CT molecular complexity index is 1100. The van der Waals surface area contributed by atoms with Crippen molar-refractivity contribution in [2.75, 3.05) is 5.32 Å². The molecule has 1 saturated carbocycles. The van der Waals surface area contributed by atoms with E-state index in [-0.39, 0.29) is 12.3 Å². The van der Waals surface area contributed by atoms with Gasteiger partial charge in [-0.3, -0.25) is 4.79 Å². The third-order valence-electron chi connectivity index (χ3n) is 5.44. The Balaban J connectivity index is 1.48. The summed E-state index contributed by atoms with van der Waals surface area (Å²) in [6, 6.07) is 9.82. The van der Waals surface area contributed by atoms with Gasteiger partial charge >= 0.3 is 0 Å². The number of rotatable bonds is 4. The number of carbonyl (C=O) groups excluding carboxylic acids is 1. The van der Waals surface area contributed by atoms with Crippen molar-refractivity contribution in [3.05, 3.63) is 53.9 Å². The molecular formula is C20H18F2N6O. The molecule has 1 aliphatic heterocycles. The summed E-state index contributed by atoms with van der Waals surface area (Å²) in [5.74, 6) is -2.13. The number of alkyl halides is 2. The van der Waals surface area contributed by atoms with Gasteiger partial charge in [0.2, 0.25) is 0 Å². The third kappa shape index (κ3) is 3.02. The van der Waals surface area contributed by atoms with Crippen LogP contribution in [0.1, 0.15) is 41.2 Å². The van der Waals surface area contributed by atoms with Gasteiger partial charge in [0, 0.05) is 13.0 Å². The number of pyridine rings is 1. The first kappa shape index (κ1) is 17.7. The lowest BCUT2D eigenvalue weighted by Crippen LogP contribution is -2.25. The summed E-state index contributed by atoms with van der Waals surface area (Å²) in [7, 11) is 0. The van der Waals surface area contributed by atoms with Crippen LogP contribution in [0.15, 0.2) is 42.7 Å². The number of hydrogen-bond acceptors (Lipinski definition) is 5. The van der Waals surface area contributed by atoms with Crippen LogP contribution in [-0.4, -0.2) is 31.6 Å². The molecule has 0 unspecified atom stereocenters. The number of amides is 1. The zero-order valence-electron chi connectivity index (χ0n) is 15.4. The molecule has 1 atom stereocenters. The highest BCUT2D eigenvalue weighted by Gasteiger charge is 2.46. The SMILES string of the molecule is O=C1NCc2cccc(Nc3cccc(-c4nncn4[C@@H]4CCCC4(F)F)n3)c21. The van der Waals surface area contributed by atoms with Gasteiger partial charge in [-0.2, -0.15) is 0 Å². The molecule has 9 heteroatoms. The Morgan fingerprint density at radius 1 is 1.21 bits per heavy atom. The fourth-order valence-electron chi connectivity index (χ4n) is 4.06. The maximum Gasteiger partial charge on any atom is 0.268 e. The first-order chi connectivity index (χ1) is 14.0. The van der Waals surface area contributed by atoms with Crippen LogP contribution in [0.2, 0.25) is 0 Å². The fraction of sp³-hybridized carbons (Fsp3) is 0.300.